The molecule has 1 aromatic heterocycles. The lowest BCUT2D eigenvalue weighted by atomic mass is 9.96. The summed E-state index contributed by atoms with van der Waals surface area (Å²) in [4.78, 5) is 30.7. The molecular formula is C21H26N4O3. The van der Waals surface area contributed by atoms with Crippen molar-refractivity contribution in [3.05, 3.63) is 59.9 Å². The first-order valence-electron chi connectivity index (χ1n) is 9.49. The van der Waals surface area contributed by atoms with Gasteiger partial charge in [0, 0.05) is 37.3 Å². The quantitative estimate of drug-likeness (QED) is 0.803. The zero-order valence-corrected chi connectivity index (χ0v) is 16.1. The van der Waals surface area contributed by atoms with E-state index in [1.807, 2.05) is 42.5 Å². The normalized spacial score (nSPS) is 14.4. The number of ether oxygens (including phenoxy) is 1. The summed E-state index contributed by atoms with van der Waals surface area (Å²) in [6.07, 6.45) is 3.04. The Kier molecular flexibility index (Phi) is 6.84. The van der Waals surface area contributed by atoms with Gasteiger partial charge in [-0.25, -0.2) is 4.79 Å². The zero-order valence-electron chi connectivity index (χ0n) is 16.1. The topological polar surface area (TPSA) is 83.6 Å². The van der Waals surface area contributed by atoms with Crippen molar-refractivity contribution in [2.45, 2.75) is 25.9 Å². The molecule has 28 heavy (non-hydrogen) atoms. The number of aromatic nitrogens is 1. The fourth-order valence-corrected chi connectivity index (χ4v) is 3.30. The summed E-state index contributed by atoms with van der Waals surface area (Å²) < 4.78 is 5.30. The standard InChI is InChI=1S/C21H26N4O3/c1-28-19-8-3-2-6-17(19)14-24-21(27)25-12-9-16(10-13-25)20(26)23-15-18-7-4-5-11-22-18/h2-8,11,16H,9-10,12-15H2,1H3,(H,23,26)(H,24,27). The molecular weight excluding hydrogens is 356 g/mol. The number of carbonyl (C=O) groups excluding carboxylic acids is 2. The average Bonchev–Trinajstić information content (AvgIpc) is 2.76. The number of amides is 3. The van der Waals surface area contributed by atoms with Gasteiger partial charge in [-0.05, 0) is 31.0 Å². The van der Waals surface area contributed by atoms with E-state index in [0.717, 1.165) is 17.0 Å². The van der Waals surface area contributed by atoms with Gasteiger partial charge in [0.25, 0.3) is 0 Å². The van der Waals surface area contributed by atoms with Crippen LogP contribution in [0, 0.1) is 5.92 Å². The van der Waals surface area contributed by atoms with E-state index in [9.17, 15) is 9.59 Å². The third-order valence-corrected chi connectivity index (χ3v) is 4.95. The predicted molar refractivity (Wildman–Crippen MR) is 106 cm³/mol. The molecule has 0 radical (unpaired) electrons. The molecule has 2 heterocycles. The molecule has 0 spiro atoms. The summed E-state index contributed by atoms with van der Waals surface area (Å²) in [5.41, 5.74) is 1.77. The van der Waals surface area contributed by atoms with Crippen LogP contribution in [0.3, 0.4) is 0 Å². The lowest BCUT2D eigenvalue weighted by molar-refractivity contribution is -0.126. The number of pyridine rings is 1. The molecule has 2 N–H and O–H groups in total. The van der Waals surface area contributed by atoms with Crippen molar-refractivity contribution < 1.29 is 14.3 Å². The van der Waals surface area contributed by atoms with E-state index < -0.39 is 0 Å². The van der Waals surface area contributed by atoms with Crippen LogP contribution in [0.5, 0.6) is 5.75 Å². The first-order valence-corrected chi connectivity index (χ1v) is 9.49. The van der Waals surface area contributed by atoms with Crippen molar-refractivity contribution in [1.29, 1.82) is 0 Å². The van der Waals surface area contributed by atoms with Crippen LogP contribution in [0.15, 0.2) is 48.7 Å². The summed E-state index contributed by atoms with van der Waals surface area (Å²) in [7, 11) is 1.62. The summed E-state index contributed by atoms with van der Waals surface area (Å²) >= 11 is 0. The summed E-state index contributed by atoms with van der Waals surface area (Å²) in [5.74, 6) is 0.716. The van der Waals surface area contributed by atoms with E-state index in [-0.39, 0.29) is 17.9 Å². The monoisotopic (exact) mass is 382 g/mol. The molecule has 3 rings (SSSR count). The van der Waals surface area contributed by atoms with Crippen LogP contribution in [0.25, 0.3) is 0 Å². The third kappa shape index (κ3) is 5.22. The summed E-state index contributed by atoms with van der Waals surface area (Å²) in [6.45, 7) is 1.98. The molecule has 2 aromatic rings. The van der Waals surface area contributed by atoms with Gasteiger partial charge in [0.05, 0.1) is 19.3 Å². The van der Waals surface area contributed by atoms with Crippen molar-refractivity contribution in [1.82, 2.24) is 20.5 Å². The molecule has 1 aromatic carbocycles. The lowest BCUT2D eigenvalue weighted by Crippen LogP contribution is -2.46. The number of methoxy groups -OCH3 is 1. The highest BCUT2D eigenvalue weighted by Crippen LogP contribution is 2.19. The van der Waals surface area contributed by atoms with E-state index in [1.54, 1.807) is 18.2 Å². The molecule has 7 heteroatoms. The lowest BCUT2D eigenvalue weighted by Gasteiger charge is -2.31. The van der Waals surface area contributed by atoms with Crippen LogP contribution in [-0.4, -0.2) is 42.0 Å². The van der Waals surface area contributed by atoms with Gasteiger partial charge in [0.15, 0.2) is 0 Å². The minimum atomic E-state index is -0.113. The van der Waals surface area contributed by atoms with E-state index in [2.05, 4.69) is 15.6 Å². The number of hydrogen-bond acceptors (Lipinski definition) is 4. The number of piperidine rings is 1. The number of hydrogen-bond donors (Lipinski definition) is 2. The van der Waals surface area contributed by atoms with Crippen LogP contribution in [0.2, 0.25) is 0 Å². The van der Waals surface area contributed by atoms with E-state index in [1.165, 1.54) is 0 Å². The second-order valence-corrected chi connectivity index (χ2v) is 6.77. The van der Waals surface area contributed by atoms with Gasteiger partial charge in [-0.15, -0.1) is 0 Å². The van der Waals surface area contributed by atoms with Crippen molar-refractivity contribution in [2.24, 2.45) is 5.92 Å². The number of nitrogens with zero attached hydrogens (tertiary/aromatic N) is 2. The van der Waals surface area contributed by atoms with E-state index >= 15 is 0 Å². The van der Waals surface area contributed by atoms with Crippen molar-refractivity contribution >= 4 is 11.9 Å². The van der Waals surface area contributed by atoms with Gasteiger partial charge in [0.1, 0.15) is 5.75 Å². The van der Waals surface area contributed by atoms with Gasteiger partial charge in [0.2, 0.25) is 5.91 Å². The fraction of sp³-hybridized carbons (Fsp3) is 0.381. The Morgan fingerprint density at radius 3 is 2.54 bits per heavy atom. The average molecular weight is 382 g/mol. The van der Waals surface area contributed by atoms with Gasteiger partial charge < -0.3 is 20.3 Å². The smallest absolute Gasteiger partial charge is 0.317 e. The van der Waals surface area contributed by atoms with Gasteiger partial charge >= 0.3 is 6.03 Å². The SMILES string of the molecule is COc1ccccc1CNC(=O)N1CCC(C(=O)NCc2ccccn2)CC1. The number of likely N-dealkylation sites (tertiary alicyclic amines) is 1. The predicted octanol–water partition coefficient (Wildman–Crippen LogP) is 2.33. The molecule has 1 fully saturated rings. The number of rotatable bonds is 6. The maximum absolute atomic E-state index is 12.4. The van der Waals surface area contributed by atoms with Crippen LogP contribution < -0.4 is 15.4 Å². The molecule has 3 amide bonds. The minimum Gasteiger partial charge on any atom is -0.496 e. The van der Waals surface area contributed by atoms with Crippen molar-refractivity contribution in [3.8, 4) is 5.75 Å². The van der Waals surface area contributed by atoms with Crippen molar-refractivity contribution in [3.63, 3.8) is 0 Å². The van der Waals surface area contributed by atoms with Crippen LogP contribution >= 0.6 is 0 Å². The number of benzene rings is 1. The highest BCUT2D eigenvalue weighted by molar-refractivity contribution is 5.79. The molecule has 1 saturated heterocycles. The first-order chi connectivity index (χ1) is 13.7. The maximum atomic E-state index is 12.4. The Hall–Kier alpha value is -3.09. The van der Waals surface area contributed by atoms with Gasteiger partial charge in [-0.2, -0.15) is 0 Å². The molecule has 148 valence electrons. The largest absolute Gasteiger partial charge is 0.496 e. The highest BCUT2D eigenvalue weighted by atomic mass is 16.5. The Morgan fingerprint density at radius 2 is 1.82 bits per heavy atom. The summed E-state index contributed by atoms with van der Waals surface area (Å²) in [5, 5.41) is 5.87. The molecule has 0 saturated carbocycles. The number of urea groups is 1. The van der Waals surface area contributed by atoms with Crippen molar-refractivity contribution in [2.75, 3.05) is 20.2 Å². The first kappa shape index (κ1) is 19.7. The number of carbonyl (C=O) groups is 2. The van der Waals surface area contributed by atoms with Gasteiger partial charge in [-0.1, -0.05) is 24.3 Å². The number of nitrogens with one attached hydrogen (secondary N) is 2. The molecule has 1 aliphatic rings. The van der Waals surface area contributed by atoms with E-state index in [4.69, 9.17) is 4.74 Å². The number of para-hydroxylation sites is 1. The van der Waals surface area contributed by atoms with E-state index in [0.29, 0.717) is 39.0 Å². The molecule has 1 aliphatic heterocycles. The Morgan fingerprint density at radius 1 is 1.07 bits per heavy atom. The Bertz CT molecular complexity index is 789. The minimum absolute atomic E-state index is 0.0275. The molecule has 0 bridgehead atoms. The molecule has 0 aliphatic carbocycles. The third-order valence-electron chi connectivity index (χ3n) is 4.95. The maximum Gasteiger partial charge on any atom is 0.317 e. The second-order valence-electron chi connectivity index (χ2n) is 6.77. The fourth-order valence-electron chi connectivity index (χ4n) is 3.30. The summed E-state index contributed by atoms with van der Waals surface area (Å²) in [6, 6.07) is 13.1. The van der Waals surface area contributed by atoms with Crippen LogP contribution in [-0.2, 0) is 17.9 Å². The zero-order chi connectivity index (χ0) is 19.8. The Labute approximate surface area is 165 Å². The second kappa shape index (κ2) is 9.73. The van der Waals surface area contributed by atoms with Crippen LogP contribution in [0.1, 0.15) is 24.1 Å². The highest BCUT2D eigenvalue weighted by Gasteiger charge is 2.27. The Balaban J connectivity index is 1.41. The van der Waals surface area contributed by atoms with Crippen LogP contribution in [0.4, 0.5) is 4.79 Å². The van der Waals surface area contributed by atoms with Gasteiger partial charge in [-0.3, -0.25) is 9.78 Å². The molecule has 0 unspecified atom stereocenters. The molecule has 0 atom stereocenters. The molecule has 7 nitrogen and oxygen atoms in total.